The summed E-state index contributed by atoms with van der Waals surface area (Å²) < 4.78 is 13.6. The van der Waals surface area contributed by atoms with Gasteiger partial charge in [0, 0.05) is 39.5 Å². The number of nitrogens with zero attached hydrogens (tertiary/aromatic N) is 3. The van der Waals surface area contributed by atoms with Crippen LogP contribution in [0.1, 0.15) is 48.7 Å². The van der Waals surface area contributed by atoms with Crippen molar-refractivity contribution in [2.75, 3.05) is 26.8 Å². The molecule has 2 fully saturated rings. The second kappa shape index (κ2) is 6.61. The Balaban J connectivity index is 1.68. The van der Waals surface area contributed by atoms with Crippen LogP contribution in [0.3, 0.4) is 0 Å². The van der Waals surface area contributed by atoms with Crippen LogP contribution in [0.4, 0.5) is 0 Å². The lowest BCUT2D eigenvalue weighted by Crippen LogP contribution is -2.56. The van der Waals surface area contributed by atoms with Crippen molar-refractivity contribution in [2.45, 2.75) is 57.8 Å². The van der Waals surface area contributed by atoms with Crippen molar-refractivity contribution in [3.05, 3.63) is 17.5 Å². The average Bonchev–Trinajstić information content (AvgIpc) is 2.96. The minimum absolute atomic E-state index is 0.0850. The van der Waals surface area contributed by atoms with Gasteiger partial charge >= 0.3 is 0 Å². The zero-order valence-corrected chi connectivity index (χ0v) is 14.4. The van der Waals surface area contributed by atoms with E-state index in [4.69, 9.17) is 9.47 Å². The van der Waals surface area contributed by atoms with Crippen LogP contribution in [0.2, 0.25) is 0 Å². The molecule has 0 saturated carbocycles. The number of aryl methyl sites for hydroxylation is 2. The Morgan fingerprint density at radius 2 is 2.22 bits per heavy atom. The fourth-order valence-corrected chi connectivity index (χ4v) is 3.85. The number of aromatic nitrogens is 2. The van der Waals surface area contributed by atoms with Crippen molar-refractivity contribution < 1.29 is 14.3 Å². The first-order valence-electron chi connectivity index (χ1n) is 8.59. The lowest BCUT2D eigenvalue weighted by molar-refractivity contribution is -0.183. The smallest absolute Gasteiger partial charge is 0.257 e. The average molecular weight is 321 g/mol. The summed E-state index contributed by atoms with van der Waals surface area (Å²) in [5.74, 6) is 0.0850. The molecule has 0 aliphatic carbocycles. The van der Waals surface area contributed by atoms with E-state index in [2.05, 4.69) is 5.10 Å². The minimum Gasteiger partial charge on any atom is -0.378 e. The summed E-state index contributed by atoms with van der Waals surface area (Å²) in [4.78, 5) is 14.7. The summed E-state index contributed by atoms with van der Waals surface area (Å²) in [6.07, 6.45) is 5.80. The molecule has 1 aromatic rings. The second-order valence-electron chi connectivity index (χ2n) is 6.56. The van der Waals surface area contributed by atoms with Gasteiger partial charge in [-0.1, -0.05) is 0 Å². The first kappa shape index (κ1) is 16.5. The fraction of sp³-hybridized carbons (Fsp3) is 0.765. The number of rotatable bonds is 3. The first-order chi connectivity index (χ1) is 11.1. The summed E-state index contributed by atoms with van der Waals surface area (Å²) in [6, 6.07) is 0. The zero-order chi connectivity index (χ0) is 16.4. The Bertz CT molecular complexity index is 561. The number of likely N-dealkylation sites (tertiary alicyclic amines) is 1. The number of carbonyl (C=O) groups excluding carboxylic acids is 1. The van der Waals surface area contributed by atoms with Crippen LogP contribution in [0, 0.1) is 6.92 Å². The van der Waals surface area contributed by atoms with E-state index < -0.39 is 0 Å². The third-order valence-corrected chi connectivity index (χ3v) is 5.27. The summed E-state index contributed by atoms with van der Waals surface area (Å²) in [6.45, 7) is 6.94. The van der Waals surface area contributed by atoms with Crippen molar-refractivity contribution in [2.24, 2.45) is 0 Å². The van der Waals surface area contributed by atoms with Gasteiger partial charge in [-0.15, -0.1) is 0 Å². The van der Waals surface area contributed by atoms with Gasteiger partial charge in [-0.3, -0.25) is 9.48 Å². The number of methoxy groups -OCH3 is 1. The number of amides is 1. The highest BCUT2D eigenvalue weighted by molar-refractivity contribution is 5.95. The van der Waals surface area contributed by atoms with E-state index in [-0.39, 0.29) is 17.6 Å². The highest BCUT2D eigenvalue weighted by atomic mass is 16.5. The second-order valence-corrected chi connectivity index (χ2v) is 6.56. The Hall–Kier alpha value is -1.40. The third-order valence-electron chi connectivity index (χ3n) is 5.27. The van der Waals surface area contributed by atoms with Gasteiger partial charge in [0.05, 0.1) is 23.0 Å². The van der Waals surface area contributed by atoms with Crippen LogP contribution in [0.25, 0.3) is 0 Å². The molecule has 1 atom stereocenters. The zero-order valence-electron chi connectivity index (χ0n) is 14.4. The molecule has 6 nitrogen and oxygen atoms in total. The van der Waals surface area contributed by atoms with Crippen LogP contribution >= 0.6 is 0 Å². The molecule has 6 heteroatoms. The normalized spacial score (nSPS) is 24.1. The molecule has 0 aromatic carbocycles. The van der Waals surface area contributed by atoms with Crippen LogP contribution in [0.5, 0.6) is 0 Å². The van der Waals surface area contributed by atoms with Gasteiger partial charge in [0.25, 0.3) is 5.91 Å². The van der Waals surface area contributed by atoms with Gasteiger partial charge < -0.3 is 14.4 Å². The molecule has 2 saturated heterocycles. The largest absolute Gasteiger partial charge is 0.378 e. The lowest BCUT2D eigenvalue weighted by Gasteiger charge is -2.48. The van der Waals surface area contributed by atoms with E-state index in [0.717, 1.165) is 63.2 Å². The standard InChI is InChI=1S/C17H27N3O3/c1-4-20-12-14(13(2)18-20)16(21)19-9-7-17(8-10-19)15(22-3)6-5-11-23-17/h12,15H,4-11H2,1-3H3. The maximum atomic E-state index is 12.8. The van der Waals surface area contributed by atoms with Gasteiger partial charge in [-0.25, -0.2) is 0 Å². The molecular weight excluding hydrogens is 294 g/mol. The van der Waals surface area contributed by atoms with Crippen molar-refractivity contribution in [1.82, 2.24) is 14.7 Å². The van der Waals surface area contributed by atoms with Crippen molar-refractivity contribution in [1.29, 1.82) is 0 Å². The number of hydrogen-bond acceptors (Lipinski definition) is 4. The van der Waals surface area contributed by atoms with Gasteiger partial charge in [0.2, 0.25) is 0 Å². The molecule has 128 valence electrons. The Morgan fingerprint density at radius 1 is 1.48 bits per heavy atom. The molecule has 0 bridgehead atoms. The van der Waals surface area contributed by atoms with Crippen LogP contribution < -0.4 is 0 Å². The first-order valence-corrected chi connectivity index (χ1v) is 8.59. The summed E-state index contributed by atoms with van der Waals surface area (Å²) in [5.41, 5.74) is 1.32. The summed E-state index contributed by atoms with van der Waals surface area (Å²) >= 11 is 0. The molecule has 0 N–H and O–H groups in total. The maximum absolute atomic E-state index is 12.8. The molecule has 2 aliphatic heterocycles. The third kappa shape index (κ3) is 3.02. The van der Waals surface area contributed by atoms with E-state index in [1.165, 1.54) is 0 Å². The van der Waals surface area contributed by atoms with Gasteiger partial charge in [0.15, 0.2) is 0 Å². The number of piperidine rings is 1. The molecule has 1 spiro atoms. The molecule has 3 rings (SSSR count). The van der Waals surface area contributed by atoms with Gasteiger partial charge in [-0.2, -0.15) is 5.10 Å². The summed E-state index contributed by atoms with van der Waals surface area (Å²) in [5, 5.41) is 4.38. The molecule has 2 aliphatic rings. The van der Waals surface area contributed by atoms with E-state index in [1.807, 2.05) is 29.6 Å². The molecular formula is C17H27N3O3. The van der Waals surface area contributed by atoms with Crippen LogP contribution in [-0.2, 0) is 16.0 Å². The van der Waals surface area contributed by atoms with E-state index in [9.17, 15) is 4.79 Å². The molecule has 23 heavy (non-hydrogen) atoms. The van der Waals surface area contributed by atoms with Gasteiger partial charge in [-0.05, 0) is 39.5 Å². The quantitative estimate of drug-likeness (QED) is 0.854. The van der Waals surface area contributed by atoms with E-state index in [1.54, 1.807) is 7.11 Å². The van der Waals surface area contributed by atoms with Crippen molar-refractivity contribution in [3.63, 3.8) is 0 Å². The number of carbonyl (C=O) groups is 1. The highest BCUT2D eigenvalue weighted by Gasteiger charge is 2.45. The topological polar surface area (TPSA) is 56.6 Å². The van der Waals surface area contributed by atoms with Crippen LogP contribution in [0.15, 0.2) is 6.20 Å². The van der Waals surface area contributed by atoms with Gasteiger partial charge in [0.1, 0.15) is 0 Å². The number of ether oxygens (including phenoxy) is 2. The summed E-state index contributed by atoms with van der Waals surface area (Å²) in [7, 11) is 1.77. The molecule has 1 unspecified atom stereocenters. The van der Waals surface area contributed by atoms with Crippen molar-refractivity contribution in [3.8, 4) is 0 Å². The molecule has 3 heterocycles. The predicted octanol–water partition coefficient (Wildman–Crippen LogP) is 2.01. The molecule has 1 amide bonds. The number of hydrogen-bond donors (Lipinski definition) is 0. The lowest BCUT2D eigenvalue weighted by atomic mass is 9.81. The minimum atomic E-state index is -0.202. The Kier molecular flexibility index (Phi) is 4.73. The maximum Gasteiger partial charge on any atom is 0.257 e. The molecule has 0 radical (unpaired) electrons. The fourth-order valence-electron chi connectivity index (χ4n) is 3.85. The van der Waals surface area contributed by atoms with Crippen molar-refractivity contribution >= 4 is 5.91 Å². The Morgan fingerprint density at radius 3 is 2.83 bits per heavy atom. The highest BCUT2D eigenvalue weighted by Crippen LogP contribution is 2.37. The molecule has 1 aromatic heterocycles. The van der Waals surface area contributed by atoms with Crippen LogP contribution in [-0.4, -0.2) is 59.1 Å². The van der Waals surface area contributed by atoms with E-state index >= 15 is 0 Å². The SMILES string of the molecule is CCn1cc(C(=O)N2CCC3(CC2)OCCCC3OC)c(C)n1. The Labute approximate surface area is 137 Å². The van der Waals surface area contributed by atoms with E-state index in [0.29, 0.717) is 0 Å². The monoisotopic (exact) mass is 321 g/mol. The predicted molar refractivity (Wildman–Crippen MR) is 86.5 cm³/mol.